The van der Waals surface area contributed by atoms with Crippen LogP contribution in [0.4, 0.5) is 17.1 Å². The van der Waals surface area contributed by atoms with Crippen molar-refractivity contribution in [3.63, 3.8) is 0 Å². The lowest BCUT2D eigenvalue weighted by Gasteiger charge is -2.25. The van der Waals surface area contributed by atoms with Gasteiger partial charge in [-0.2, -0.15) is 4.98 Å². The molecule has 0 bridgehead atoms. The fourth-order valence-corrected chi connectivity index (χ4v) is 6.87. The van der Waals surface area contributed by atoms with Crippen molar-refractivity contribution in [1.29, 1.82) is 0 Å². The van der Waals surface area contributed by atoms with Gasteiger partial charge in [0.25, 0.3) is 0 Å². The molecule has 0 atom stereocenters. The molecule has 0 N–H and O–H groups in total. The van der Waals surface area contributed by atoms with Gasteiger partial charge in [-0.05, 0) is 83.6 Å². The number of aromatic nitrogens is 3. The molecule has 0 unspecified atom stereocenters. The molecule has 0 aliphatic carbocycles. The van der Waals surface area contributed by atoms with Crippen LogP contribution in [-0.4, -0.2) is 14.5 Å². The second-order valence-electron chi connectivity index (χ2n) is 11.9. The van der Waals surface area contributed by atoms with Gasteiger partial charge in [0.2, 0.25) is 5.89 Å². The summed E-state index contributed by atoms with van der Waals surface area (Å²) in [6.45, 7) is 0. The van der Waals surface area contributed by atoms with Crippen LogP contribution in [0.3, 0.4) is 0 Å². The predicted molar refractivity (Wildman–Crippen MR) is 194 cm³/mol. The van der Waals surface area contributed by atoms with Gasteiger partial charge in [-0.1, -0.05) is 84.9 Å². The van der Waals surface area contributed by atoms with Gasteiger partial charge < -0.3 is 13.7 Å². The van der Waals surface area contributed by atoms with Crippen LogP contribution in [0.15, 0.2) is 167 Å². The molecule has 226 valence electrons. The lowest BCUT2D eigenvalue weighted by atomic mass is 10.0. The van der Waals surface area contributed by atoms with E-state index in [1.165, 1.54) is 16.2 Å². The van der Waals surface area contributed by atoms with Crippen molar-refractivity contribution in [2.45, 2.75) is 0 Å². The molecule has 10 rings (SSSR count). The minimum atomic E-state index is 0.521. The molecule has 0 fully saturated rings. The Hall–Kier alpha value is -6.66. The summed E-state index contributed by atoms with van der Waals surface area (Å²) < 4.78 is 14.8. The summed E-state index contributed by atoms with van der Waals surface area (Å²) in [6, 6.07) is 54.4. The molecule has 7 aromatic carbocycles. The van der Waals surface area contributed by atoms with Gasteiger partial charge in [0.05, 0.1) is 11.0 Å². The minimum absolute atomic E-state index is 0.521. The van der Waals surface area contributed by atoms with Crippen molar-refractivity contribution in [2.24, 2.45) is 0 Å². The fourth-order valence-electron chi connectivity index (χ4n) is 6.87. The SMILES string of the molecule is c1ccc(N(c2ccccc2)c2ccc3oc(-c4ccc5oc(-n6c7ccccc7c7c8ccccc8ccc76)nc5c4)nc3c2)cc1. The summed E-state index contributed by atoms with van der Waals surface area (Å²) in [4.78, 5) is 12.1. The third-order valence-corrected chi connectivity index (χ3v) is 9.03. The number of anilines is 3. The van der Waals surface area contributed by atoms with Crippen LogP contribution in [-0.2, 0) is 0 Å². The number of hydrogen-bond donors (Lipinski definition) is 0. The number of fused-ring (bicyclic) bond motifs is 7. The zero-order valence-electron chi connectivity index (χ0n) is 25.6. The second kappa shape index (κ2) is 10.4. The summed E-state index contributed by atoms with van der Waals surface area (Å²) >= 11 is 0. The van der Waals surface area contributed by atoms with Gasteiger partial charge in [0.15, 0.2) is 11.2 Å². The van der Waals surface area contributed by atoms with Crippen LogP contribution in [0, 0.1) is 0 Å². The number of benzene rings is 7. The Morgan fingerprint density at radius 1 is 0.479 bits per heavy atom. The van der Waals surface area contributed by atoms with E-state index in [4.69, 9.17) is 18.8 Å². The first-order chi connectivity index (χ1) is 23.8. The topological polar surface area (TPSA) is 60.2 Å². The normalized spacial score (nSPS) is 11.8. The summed E-state index contributed by atoms with van der Waals surface area (Å²) in [5.74, 6) is 0.530. The van der Waals surface area contributed by atoms with Gasteiger partial charge in [0, 0.05) is 33.4 Å². The molecule has 0 aliphatic heterocycles. The maximum atomic E-state index is 6.41. The van der Waals surface area contributed by atoms with E-state index in [1.807, 2.05) is 60.7 Å². The van der Waals surface area contributed by atoms with Crippen LogP contribution in [0.1, 0.15) is 0 Å². The Morgan fingerprint density at radius 2 is 1.15 bits per heavy atom. The third kappa shape index (κ3) is 4.13. The van der Waals surface area contributed by atoms with Crippen LogP contribution >= 0.6 is 0 Å². The lowest BCUT2D eigenvalue weighted by Crippen LogP contribution is -2.09. The highest BCUT2D eigenvalue weighted by Crippen LogP contribution is 2.39. The molecule has 3 heterocycles. The molecule has 0 saturated carbocycles. The van der Waals surface area contributed by atoms with Crippen LogP contribution in [0.25, 0.3) is 72.2 Å². The molecule has 48 heavy (non-hydrogen) atoms. The van der Waals surface area contributed by atoms with Crippen molar-refractivity contribution >= 4 is 71.8 Å². The second-order valence-corrected chi connectivity index (χ2v) is 11.9. The molecule has 3 aromatic heterocycles. The molecule has 0 amide bonds. The lowest BCUT2D eigenvalue weighted by molar-refractivity contribution is 0.574. The maximum absolute atomic E-state index is 6.41. The number of oxazole rings is 2. The molecular formula is C42H26N4O2. The van der Waals surface area contributed by atoms with Crippen LogP contribution < -0.4 is 4.90 Å². The Bertz CT molecular complexity index is 2760. The van der Waals surface area contributed by atoms with E-state index in [0.717, 1.165) is 50.1 Å². The summed E-state index contributed by atoms with van der Waals surface area (Å²) in [5, 5.41) is 4.76. The number of rotatable bonds is 5. The highest BCUT2D eigenvalue weighted by atomic mass is 16.4. The van der Waals surface area contributed by atoms with Gasteiger partial charge >= 0.3 is 6.01 Å². The third-order valence-electron chi connectivity index (χ3n) is 9.03. The maximum Gasteiger partial charge on any atom is 0.307 e. The summed E-state index contributed by atoms with van der Waals surface area (Å²) in [7, 11) is 0. The summed E-state index contributed by atoms with van der Waals surface area (Å²) in [6.07, 6.45) is 0. The molecule has 0 aliphatic rings. The fraction of sp³-hybridized carbons (Fsp3) is 0. The number of nitrogens with zero attached hydrogens (tertiary/aromatic N) is 4. The molecule has 6 nitrogen and oxygen atoms in total. The first-order valence-corrected chi connectivity index (χ1v) is 15.9. The highest BCUT2D eigenvalue weighted by Gasteiger charge is 2.20. The van der Waals surface area contributed by atoms with Gasteiger partial charge in [-0.3, -0.25) is 4.57 Å². The van der Waals surface area contributed by atoms with E-state index in [2.05, 4.69) is 107 Å². The van der Waals surface area contributed by atoms with Crippen molar-refractivity contribution in [3.05, 3.63) is 158 Å². The standard InChI is InChI=1S/C42H26N4O2/c1-3-12-29(13-4-1)45(30-14-5-2-6-15-30)31-21-24-38-35(26-31)43-41(47-38)28-20-23-39-34(25-28)44-42(48-39)46-36-18-10-9-17-33(36)40-32-16-8-7-11-27(32)19-22-37(40)46/h1-26H. The van der Waals surface area contributed by atoms with Crippen molar-refractivity contribution in [3.8, 4) is 17.5 Å². The molecule has 6 heteroatoms. The quantitative estimate of drug-likeness (QED) is 0.192. The van der Waals surface area contributed by atoms with E-state index in [0.29, 0.717) is 23.1 Å². The molecule has 0 spiro atoms. The summed E-state index contributed by atoms with van der Waals surface area (Å²) in [5.41, 5.74) is 8.97. The van der Waals surface area contributed by atoms with E-state index < -0.39 is 0 Å². The largest absolute Gasteiger partial charge is 0.436 e. The van der Waals surface area contributed by atoms with Crippen molar-refractivity contribution in [1.82, 2.24) is 14.5 Å². The average molecular weight is 619 g/mol. The Labute approximate surface area is 274 Å². The molecule has 0 saturated heterocycles. The van der Waals surface area contributed by atoms with Crippen LogP contribution in [0.2, 0.25) is 0 Å². The Morgan fingerprint density at radius 3 is 1.96 bits per heavy atom. The van der Waals surface area contributed by atoms with E-state index >= 15 is 0 Å². The number of hydrogen-bond acceptors (Lipinski definition) is 5. The average Bonchev–Trinajstić information content (AvgIpc) is 3.85. The van der Waals surface area contributed by atoms with Gasteiger partial charge in [-0.15, -0.1) is 0 Å². The van der Waals surface area contributed by atoms with E-state index in [1.54, 1.807) is 0 Å². The predicted octanol–water partition coefficient (Wildman–Crippen LogP) is 11.4. The Balaban J connectivity index is 1.07. The minimum Gasteiger partial charge on any atom is -0.436 e. The Kier molecular flexibility index (Phi) is 5.77. The molecule has 10 aromatic rings. The monoisotopic (exact) mass is 618 g/mol. The van der Waals surface area contributed by atoms with Gasteiger partial charge in [-0.25, -0.2) is 4.98 Å². The zero-order chi connectivity index (χ0) is 31.6. The molecule has 0 radical (unpaired) electrons. The van der Waals surface area contributed by atoms with Crippen molar-refractivity contribution in [2.75, 3.05) is 4.90 Å². The number of para-hydroxylation sites is 3. The van der Waals surface area contributed by atoms with E-state index in [9.17, 15) is 0 Å². The highest BCUT2D eigenvalue weighted by molar-refractivity contribution is 6.21. The van der Waals surface area contributed by atoms with Crippen molar-refractivity contribution < 1.29 is 8.83 Å². The van der Waals surface area contributed by atoms with E-state index in [-0.39, 0.29) is 0 Å². The smallest absolute Gasteiger partial charge is 0.307 e. The first kappa shape index (κ1) is 26.5. The van der Waals surface area contributed by atoms with Crippen LogP contribution in [0.5, 0.6) is 0 Å². The zero-order valence-corrected chi connectivity index (χ0v) is 25.6. The van der Waals surface area contributed by atoms with Gasteiger partial charge in [0.1, 0.15) is 11.0 Å². The molecular weight excluding hydrogens is 592 g/mol. The first-order valence-electron chi connectivity index (χ1n) is 15.9.